The smallest absolute Gasteiger partial charge is 0.325 e. The zero-order valence-corrected chi connectivity index (χ0v) is 14.3. The Morgan fingerprint density at radius 1 is 1.17 bits per heavy atom. The highest BCUT2D eigenvalue weighted by atomic mass is 32.2. The molecule has 0 unspecified atom stereocenters. The summed E-state index contributed by atoms with van der Waals surface area (Å²) < 4.78 is 22.8. The predicted octanol–water partition coefficient (Wildman–Crippen LogP) is -0.210. The van der Waals surface area contributed by atoms with Crippen molar-refractivity contribution in [3.63, 3.8) is 0 Å². The molecular formula is C15H23N3O5S. The molecule has 3 fully saturated rings. The van der Waals surface area contributed by atoms with E-state index in [4.69, 9.17) is 0 Å². The molecule has 9 heteroatoms. The topological polar surface area (TPSA) is 113 Å². The Morgan fingerprint density at radius 3 is 2.50 bits per heavy atom. The zero-order chi connectivity index (χ0) is 17.3. The number of urea groups is 1. The van der Waals surface area contributed by atoms with Crippen LogP contribution in [0.4, 0.5) is 4.79 Å². The van der Waals surface area contributed by atoms with Crippen LogP contribution < -0.4 is 10.6 Å². The lowest BCUT2D eigenvalue weighted by atomic mass is 9.84. The van der Waals surface area contributed by atoms with Gasteiger partial charge < -0.3 is 10.6 Å². The van der Waals surface area contributed by atoms with Gasteiger partial charge in [-0.15, -0.1) is 0 Å². The Balaban J connectivity index is 1.55. The number of amides is 4. The van der Waals surface area contributed by atoms with Crippen LogP contribution in [0.1, 0.15) is 38.5 Å². The van der Waals surface area contributed by atoms with Crippen molar-refractivity contribution in [2.75, 3.05) is 18.1 Å². The quantitative estimate of drug-likeness (QED) is 0.676. The van der Waals surface area contributed by atoms with Crippen LogP contribution in [-0.2, 0) is 19.4 Å². The van der Waals surface area contributed by atoms with Gasteiger partial charge in [-0.25, -0.2) is 13.2 Å². The van der Waals surface area contributed by atoms with E-state index in [-0.39, 0.29) is 29.9 Å². The minimum absolute atomic E-state index is 0.0603. The second-order valence-electron chi connectivity index (χ2n) is 6.92. The maximum Gasteiger partial charge on any atom is 0.325 e. The van der Waals surface area contributed by atoms with Gasteiger partial charge in [-0.3, -0.25) is 14.5 Å². The molecule has 1 saturated carbocycles. The Morgan fingerprint density at radius 2 is 1.88 bits per heavy atom. The van der Waals surface area contributed by atoms with Gasteiger partial charge in [0.2, 0.25) is 5.91 Å². The van der Waals surface area contributed by atoms with Crippen LogP contribution in [0, 0.1) is 5.92 Å². The number of nitrogens with zero attached hydrogens (tertiary/aromatic N) is 1. The number of imide groups is 1. The molecule has 0 radical (unpaired) electrons. The Hall–Kier alpha value is -1.64. The average Bonchev–Trinajstić information content (AvgIpc) is 3.01. The number of rotatable bonds is 4. The largest absolute Gasteiger partial charge is 0.351 e. The lowest BCUT2D eigenvalue weighted by Gasteiger charge is -2.25. The molecule has 134 valence electrons. The van der Waals surface area contributed by atoms with Crippen LogP contribution >= 0.6 is 0 Å². The van der Waals surface area contributed by atoms with Crippen LogP contribution in [0.2, 0.25) is 0 Å². The maximum atomic E-state index is 12.5. The van der Waals surface area contributed by atoms with E-state index in [1.165, 1.54) is 0 Å². The third-order valence-corrected chi connectivity index (χ3v) is 6.84. The number of nitrogens with one attached hydrogen (secondary N) is 2. The van der Waals surface area contributed by atoms with Gasteiger partial charge in [0.1, 0.15) is 12.6 Å². The molecule has 0 bridgehead atoms. The lowest BCUT2D eigenvalue weighted by molar-refractivity contribution is -0.133. The van der Waals surface area contributed by atoms with Crippen LogP contribution in [-0.4, -0.2) is 61.3 Å². The van der Waals surface area contributed by atoms with E-state index in [1.54, 1.807) is 0 Å². The van der Waals surface area contributed by atoms with Gasteiger partial charge in [-0.1, -0.05) is 19.3 Å². The first kappa shape index (κ1) is 17.2. The van der Waals surface area contributed by atoms with Crippen molar-refractivity contribution in [1.29, 1.82) is 0 Å². The van der Waals surface area contributed by atoms with Gasteiger partial charge in [0, 0.05) is 6.04 Å². The molecule has 1 aliphatic carbocycles. The Kier molecular flexibility index (Phi) is 4.80. The SMILES string of the molecule is O=C(CN1C(=O)N[C@@H](C2CCCCC2)C1=O)N[C@@H]1CCS(=O)(=O)C1. The first-order valence-corrected chi connectivity index (χ1v) is 10.3. The number of hydrogen-bond donors (Lipinski definition) is 2. The monoisotopic (exact) mass is 357 g/mol. The molecule has 0 aromatic rings. The van der Waals surface area contributed by atoms with Crippen LogP contribution in [0.15, 0.2) is 0 Å². The maximum absolute atomic E-state index is 12.5. The van der Waals surface area contributed by atoms with Gasteiger partial charge in [0.05, 0.1) is 11.5 Å². The van der Waals surface area contributed by atoms with Crippen molar-refractivity contribution < 1.29 is 22.8 Å². The highest BCUT2D eigenvalue weighted by molar-refractivity contribution is 7.91. The molecule has 3 rings (SSSR count). The predicted molar refractivity (Wildman–Crippen MR) is 85.8 cm³/mol. The third kappa shape index (κ3) is 3.71. The average molecular weight is 357 g/mol. The number of carbonyl (C=O) groups excluding carboxylic acids is 3. The van der Waals surface area contributed by atoms with E-state index in [1.807, 2.05) is 0 Å². The van der Waals surface area contributed by atoms with Gasteiger partial charge >= 0.3 is 6.03 Å². The minimum Gasteiger partial charge on any atom is -0.351 e. The lowest BCUT2D eigenvalue weighted by Crippen LogP contribution is -2.45. The molecular weight excluding hydrogens is 334 g/mol. The molecule has 0 aromatic carbocycles. The standard InChI is InChI=1S/C15H23N3O5S/c19-12(16-11-6-7-24(22,23)9-11)8-18-14(20)13(17-15(18)21)10-4-2-1-3-5-10/h10-11,13H,1-9H2,(H,16,19)(H,17,21)/t11-,13+/m1/s1. The van der Waals surface area contributed by atoms with E-state index >= 15 is 0 Å². The summed E-state index contributed by atoms with van der Waals surface area (Å²) in [6.45, 7) is -0.357. The fourth-order valence-electron chi connectivity index (χ4n) is 3.80. The van der Waals surface area contributed by atoms with Gasteiger partial charge in [-0.2, -0.15) is 0 Å². The van der Waals surface area contributed by atoms with E-state index in [0.29, 0.717) is 6.42 Å². The first-order valence-electron chi connectivity index (χ1n) is 8.47. The summed E-state index contributed by atoms with van der Waals surface area (Å²) in [5, 5.41) is 5.30. The van der Waals surface area contributed by atoms with Crippen molar-refractivity contribution >= 4 is 27.7 Å². The van der Waals surface area contributed by atoms with E-state index < -0.39 is 33.9 Å². The highest BCUT2D eigenvalue weighted by Gasteiger charge is 2.43. The second kappa shape index (κ2) is 6.70. The molecule has 2 aliphatic heterocycles. The molecule has 2 atom stereocenters. The van der Waals surface area contributed by atoms with Gasteiger partial charge in [0.25, 0.3) is 5.91 Å². The normalized spacial score (nSPS) is 30.4. The van der Waals surface area contributed by atoms with Crippen molar-refractivity contribution in [1.82, 2.24) is 15.5 Å². The van der Waals surface area contributed by atoms with Gasteiger partial charge in [-0.05, 0) is 25.2 Å². The Labute approximate surface area is 141 Å². The fourth-order valence-corrected chi connectivity index (χ4v) is 5.48. The first-order chi connectivity index (χ1) is 11.4. The number of carbonyl (C=O) groups is 3. The van der Waals surface area contributed by atoms with Gasteiger partial charge in [0.15, 0.2) is 9.84 Å². The van der Waals surface area contributed by atoms with Crippen molar-refractivity contribution in [3.8, 4) is 0 Å². The molecule has 0 spiro atoms. The minimum atomic E-state index is -3.09. The molecule has 3 aliphatic rings. The molecule has 2 heterocycles. The number of sulfone groups is 1. The summed E-state index contributed by atoms with van der Waals surface area (Å²) in [5.41, 5.74) is 0. The summed E-state index contributed by atoms with van der Waals surface area (Å²) in [5.74, 6) is -0.719. The summed E-state index contributed by atoms with van der Waals surface area (Å²) >= 11 is 0. The molecule has 8 nitrogen and oxygen atoms in total. The molecule has 2 N–H and O–H groups in total. The van der Waals surface area contributed by atoms with Crippen molar-refractivity contribution in [2.45, 2.75) is 50.6 Å². The molecule has 2 saturated heterocycles. The zero-order valence-electron chi connectivity index (χ0n) is 13.5. The fraction of sp³-hybridized carbons (Fsp3) is 0.800. The van der Waals surface area contributed by atoms with Crippen LogP contribution in [0.25, 0.3) is 0 Å². The van der Waals surface area contributed by atoms with Crippen molar-refractivity contribution in [3.05, 3.63) is 0 Å². The van der Waals surface area contributed by atoms with E-state index in [9.17, 15) is 22.8 Å². The third-order valence-electron chi connectivity index (χ3n) is 5.08. The molecule has 24 heavy (non-hydrogen) atoms. The summed E-state index contributed by atoms with van der Waals surface area (Å²) in [6, 6.07) is -1.50. The Bertz CT molecular complexity index is 641. The summed E-state index contributed by atoms with van der Waals surface area (Å²) in [6.07, 6.45) is 5.47. The van der Waals surface area contributed by atoms with E-state index in [0.717, 1.165) is 37.0 Å². The molecule has 0 aromatic heterocycles. The summed E-state index contributed by atoms with van der Waals surface area (Å²) in [4.78, 5) is 37.5. The summed E-state index contributed by atoms with van der Waals surface area (Å²) in [7, 11) is -3.09. The molecule has 4 amide bonds. The number of hydrogen-bond acceptors (Lipinski definition) is 5. The van der Waals surface area contributed by atoms with Crippen LogP contribution in [0.3, 0.4) is 0 Å². The van der Waals surface area contributed by atoms with Crippen molar-refractivity contribution in [2.24, 2.45) is 5.92 Å². The second-order valence-corrected chi connectivity index (χ2v) is 9.15. The van der Waals surface area contributed by atoms with Crippen LogP contribution in [0.5, 0.6) is 0 Å². The highest BCUT2D eigenvalue weighted by Crippen LogP contribution is 2.29. The van der Waals surface area contributed by atoms with E-state index in [2.05, 4.69) is 10.6 Å².